The van der Waals surface area contributed by atoms with Crippen molar-refractivity contribution < 1.29 is 14.4 Å². The average Bonchev–Trinajstić information content (AvgIpc) is 3.29. The molecule has 0 radical (unpaired) electrons. The number of ether oxygens (including phenoxy) is 1. The summed E-state index contributed by atoms with van der Waals surface area (Å²) in [5.41, 5.74) is 1.79. The maximum Gasteiger partial charge on any atom is 0.279 e. The van der Waals surface area contributed by atoms with Crippen LogP contribution in [0.3, 0.4) is 0 Å². The molecule has 1 saturated heterocycles. The number of hydrogen-bond donors (Lipinski definition) is 2. The molecule has 0 spiro atoms. The summed E-state index contributed by atoms with van der Waals surface area (Å²) < 4.78 is 6.82. The second-order valence-electron chi connectivity index (χ2n) is 6.78. The third-order valence-electron chi connectivity index (χ3n) is 4.94. The molecule has 0 bridgehead atoms. The molecule has 2 heterocycles. The van der Waals surface area contributed by atoms with Gasteiger partial charge in [0.2, 0.25) is 0 Å². The van der Waals surface area contributed by atoms with Crippen LogP contribution in [0.2, 0.25) is 0 Å². The molecule has 6 heteroatoms. The summed E-state index contributed by atoms with van der Waals surface area (Å²) in [5, 5.41) is 4.16. The van der Waals surface area contributed by atoms with Gasteiger partial charge in [-0.3, -0.25) is 4.79 Å². The Morgan fingerprint density at radius 1 is 1.26 bits per heavy atom. The molecule has 2 aromatic carbocycles. The number of likely N-dealkylation sites (tertiary alicyclic amines) is 1. The molecule has 1 aliphatic heterocycles. The number of para-hydroxylation sites is 3. The van der Waals surface area contributed by atoms with Crippen LogP contribution in [0.15, 0.2) is 48.5 Å². The molecule has 1 fully saturated rings. The normalized spacial score (nSPS) is 19.3. The predicted molar refractivity (Wildman–Crippen MR) is 109 cm³/mol. The molecule has 1 aliphatic rings. The van der Waals surface area contributed by atoms with Gasteiger partial charge in [-0.2, -0.15) is 0 Å². The lowest BCUT2D eigenvalue weighted by molar-refractivity contribution is -0.910. The molecule has 1 amide bonds. The van der Waals surface area contributed by atoms with Gasteiger partial charge >= 0.3 is 0 Å². The van der Waals surface area contributed by atoms with Crippen LogP contribution in [0.1, 0.15) is 30.8 Å². The number of anilines is 1. The van der Waals surface area contributed by atoms with Crippen LogP contribution in [0.5, 0.6) is 5.75 Å². The fourth-order valence-electron chi connectivity index (χ4n) is 3.71. The Hall–Kier alpha value is -2.44. The largest absolute Gasteiger partial charge is 0.492 e. The second-order valence-corrected chi connectivity index (χ2v) is 7.84. The van der Waals surface area contributed by atoms with Crippen molar-refractivity contribution >= 4 is 33.1 Å². The van der Waals surface area contributed by atoms with Crippen molar-refractivity contribution in [2.24, 2.45) is 0 Å². The van der Waals surface area contributed by atoms with E-state index in [1.54, 1.807) is 11.3 Å². The van der Waals surface area contributed by atoms with E-state index in [0.717, 1.165) is 35.6 Å². The zero-order valence-corrected chi connectivity index (χ0v) is 16.2. The highest BCUT2D eigenvalue weighted by Gasteiger charge is 2.34. The van der Waals surface area contributed by atoms with Gasteiger partial charge in [-0.05, 0) is 31.2 Å². The lowest BCUT2D eigenvalue weighted by atomic mass is 10.2. The standard InChI is InChI=1S/C21H23N3O2S/c1-2-26-18-11-5-3-8-15(18)22-20(25)14-24-13-7-10-17(24)21-23-16-9-4-6-12-19(16)27-21/h3-6,8-9,11-12,17H,2,7,10,13-14H2,1H3,(H,22,25)/p+1/t17-/m1/s1. The summed E-state index contributed by atoms with van der Waals surface area (Å²) >= 11 is 1.75. The molecule has 0 saturated carbocycles. The van der Waals surface area contributed by atoms with Gasteiger partial charge in [0.1, 0.15) is 11.8 Å². The first-order valence-electron chi connectivity index (χ1n) is 9.46. The number of nitrogens with zero attached hydrogens (tertiary/aromatic N) is 1. The minimum absolute atomic E-state index is 0.0187. The van der Waals surface area contributed by atoms with E-state index in [1.165, 1.54) is 9.60 Å². The lowest BCUT2D eigenvalue weighted by Crippen LogP contribution is -3.11. The van der Waals surface area contributed by atoms with Gasteiger partial charge < -0.3 is 15.0 Å². The zero-order chi connectivity index (χ0) is 18.6. The number of benzene rings is 2. The third kappa shape index (κ3) is 3.96. The number of nitrogens with one attached hydrogen (secondary N) is 2. The number of fused-ring (bicyclic) bond motifs is 1. The number of hydrogen-bond acceptors (Lipinski definition) is 4. The van der Waals surface area contributed by atoms with Crippen LogP contribution in [0.4, 0.5) is 5.69 Å². The third-order valence-corrected chi connectivity index (χ3v) is 6.09. The Bertz CT molecular complexity index is 907. The van der Waals surface area contributed by atoms with Crippen LogP contribution in [-0.4, -0.2) is 30.6 Å². The van der Waals surface area contributed by atoms with Crippen LogP contribution in [0, 0.1) is 0 Å². The molecule has 4 rings (SSSR count). The minimum atomic E-state index is 0.0187. The molecule has 3 aromatic rings. The fourth-order valence-corrected chi connectivity index (χ4v) is 4.87. The van der Waals surface area contributed by atoms with E-state index in [2.05, 4.69) is 17.4 Å². The molecule has 0 aliphatic carbocycles. The number of carbonyl (C=O) groups excluding carboxylic acids is 1. The summed E-state index contributed by atoms with van der Waals surface area (Å²) in [6.07, 6.45) is 2.21. The fraction of sp³-hybridized carbons (Fsp3) is 0.333. The summed E-state index contributed by atoms with van der Waals surface area (Å²) in [7, 11) is 0. The predicted octanol–water partition coefficient (Wildman–Crippen LogP) is 3.05. The highest BCUT2D eigenvalue weighted by molar-refractivity contribution is 7.18. The summed E-state index contributed by atoms with van der Waals surface area (Å²) in [6, 6.07) is 16.1. The van der Waals surface area contributed by atoms with Crippen molar-refractivity contribution in [1.29, 1.82) is 0 Å². The van der Waals surface area contributed by atoms with Crippen LogP contribution in [0.25, 0.3) is 10.2 Å². The monoisotopic (exact) mass is 382 g/mol. The van der Waals surface area contributed by atoms with Crippen molar-refractivity contribution in [3.63, 3.8) is 0 Å². The molecule has 5 nitrogen and oxygen atoms in total. The maximum atomic E-state index is 12.7. The van der Waals surface area contributed by atoms with E-state index < -0.39 is 0 Å². The summed E-state index contributed by atoms with van der Waals surface area (Å²) in [6.45, 7) is 3.96. The van der Waals surface area contributed by atoms with Crippen molar-refractivity contribution in [2.45, 2.75) is 25.8 Å². The second kappa shape index (κ2) is 8.06. The summed E-state index contributed by atoms with van der Waals surface area (Å²) in [4.78, 5) is 18.8. The van der Waals surface area contributed by atoms with Gasteiger partial charge in [-0.25, -0.2) is 4.98 Å². The molecule has 1 unspecified atom stereocenters. The molecule has 2 atom stereocenters. The SMILES string of the molecule is CCOc1ccccc1NC(=O)C[NH+]1CCC[C@@H]1c1nc2ccccc2s1. The highest BCUT2D eigenvalue weighted by atomic mass is 32.1. The van der Waals surface area contributed by atoms with Crippen molar-refractivity contribution in [1.82, 2.24) is 4.98 Å². The molecule has 27 heavy (non-hydrogen) atoms. The first-order chi connectivity index (χ1) is 13.2. The van der Waals surface area contributed by atoms with E-state index in [1.807, 2.05) is 43.3 Å². The molecule has 140 valence electrons. The first-order valence-corrected chi connectivity index (χ1v) is 10.3. The highest BCUT2D eigenvalue weighted by Crippen LogP contribution is 2.28. The van der Waals surface area contributed by atoms with Crippen LogP contribution in [-0.2, 0) is 4.79 Å². The lowest BCUT2D eigenvalue weighted by Gasteiger charge is -2.19. The van der Waals surface area contributed by atoms with Gasteiger partial charge in [0.05, 0.1) is 29.1 Å². The van der Waals surface area contributed by atoms with Gasteiger partial charge in [-0.15, -0.1) is 11.3 Å². The maximum absolute atomic E-state index is 12.7. The molecular weight excluding hydrogens is 358 g/mol. The summed E-state index contributed by atoms with van der Waals surface area (Å²) in [5.74, 6) is 0.734. The number of thiazole rings is 1. The van der Waals surface area contributed by atoms with Crippen LogP contribution >= 0.6 is 11.3 Å². The Kier molecular flexibility index (Phi) is 5.36. The number of carbonyl (C=O) groups is 1. The number of aromatic nitrogens is 1. The minimum Gasteiger partial charge on any atom is -0.492 e. The van der Waals surface area contributed by atoms with E-state index in [0.29, 0.717) is 24.9 Å². The van der Waals surface area contributed by atoms with E-state index in [9.17, 15) is 4.79 Å². The van der Waals surface area contributed by atoms with E-state index in [-0.39, 0.29) is 5.91 Å². The van der Waals surface area contributed by atoms with Gasteiger partial charge in [0.25, 0.3) is 5.91 Å². The molecular formula is C21H24N3O2S+. The number of quaternary nitrogens is 1. The van der Waals surface area contributed by atoms with Crippen LogP contribution < -0.4 is 15.0 Å². The molecule has 2 N–H and O–H groups in total. The van der Waals surface area contributed by atoms with Gasteiger partial charge in [0, 0.05) is 12.8 Å². The molecule has 1 aromatic heterocycles. The zero-order valence-electron chi connectivity index (χ0n) is 15.4. The Morgan fingerprint density at radius 2 is 2.07 bits per heavy atom. The van der Waals surface area contributed by atoms with Crippen molar-refractivity contribution in [3.05, 3.63) is 53.5 Å². The Labute approximate surface area is 163 Å². The Balaban J connectivity index is 1.46. The quantitative estimate of drug-likeness (QED) is 0.689. The smallest absolute Gasteiger partial charge is 0.279 e. The number of amides is 1. The topological polar surface area (TPSA) is 55.7 Å². The average molecular weight is 383 g/mol. The van der Waals surface area contributed by atoms with Crippen molar-refractivity contribution in [2.75, 3.05) is 25.0 Å². The first kappa shape index (κ1) is 17.9. The van der Waals surface area contributed by atoms with Crippen molar-refractivity contribution in [3.8, 4) is 5.75 Å². The van der Waals surface area contributed by atoms with E-state index >= 15 is 0 Å². The van der Waals surface area contributed by atoms with Gasteiger partial charge in [0.15, 0.2) is 11.6 Å². The van der Waals surface area contributed by atoms with Gasteiger partial charge in [-0.1, -0.05) is 24.3 Å². The van der Waals surface area contributed by atoms with E-state index in [4.69, 9.17) is 9.72 Å². The Morgan fingerprint density at radius 3 is 2.93 bits per heavy atom. The number of rotatable bonds is 6.